The maximum absolute atomic E-state index is 4.56. The molecule has 3 aromatic heterocycles. The van der Waals surface area contributed by atoms with Gasteiger partial charge in [-0.1, -0.05) is 30.3 Å². The van der Waals surface area contributed by atoms with Crippen molar-refractivity contribution in [2.24, 2.45) is 0 Å². The van der Waals surface area contributed by atoms with Crippen LogP contribution in [0.25, 0.3) is 33.7 Å². The van der Waals surface area contributed by atoms with Gasteiger partial charge in [0.1, 0.15) is 5.82 Å². The molecule has 1 aromatic carbocycles. The number of nitrogens with one attached hydrogen (secondary N) is 1. The standard InChI is InChI=1S/C18H17N5/c1-12(2)23-11-15(10-20-23)14-8-16-18(19-9-14)22-17(21-16)13-6-4-3-5-7-13/h3-12H,1-2H3,(H,19,21,22). The molecule has 0 saturated heterocycles. The van der Waals surface area contributed by atoms with Gasteiger partial charge >= 0.3 is 0 Å². The lowest BCUT2D eigenvalue weighted by atomic mass is 10.1. The average molecular weight is 303 g/mol. The van der Waals surface area contributed by atoms with Gasteiger partial charge in [0.15, 0.2) is 5.65 Å². The molecular formula is C18H17N5. The van der Waals surface area contributed by atoms with E-state index in [2.05, 4.69) is 40.0 Å². The van der Waals surface area contributed by atoms with E-state index < -0.39 is 0 Å². The molecule has 114 valence electrons. The van der Waals surface area contributed by atoms with Crippen molar-refractivity contribution in [2.75, 3.05) is 0 Å². The Kier molecular flexibility index (Phi) is 3.19. The molecule has 0 fully saturated rings. The number of pyridine rings is 1. The molecule has 4 rings (SSSR count). The van der Waals surface area contributed by atoms with E-state index in [1.807, 2.05) is 53.6 Å². The zero-order chi connectivity index (χ0) is 15.8. The number of benzene rings is 1. The van der Waals surface area contributed by atoms with Gasteiger partial charge in [-0.3, -0.25) is 4.68 Å². The molecule has 0 atom stereocenters. The predicted octanol–water partition coefficient (Wildman–Crippen LogP) is 4.07. The monoisotopic (exact) mass is 303 g/mol. The summed E-state index contributed by atoms with van der Waals surface area (Å²) in [6, 6.07) is 12.5. The van der Waals surface area contributed by atoms with E-state index in [9.17, 15) is 0 Å². The zero-order valence-electron chi connectivity index (χ0n) is 13.1. The topological polar surface area (TPSA) is 59.4 Å². The summed E-state index contributed by atoms with van der Waals surface area (Å²) in [5, 5.41) is 4.39. The van der Waals surface area contributed by atoms with Crippen LogP contribution in [0.3, 0.4) is 0 Å². The first-order valence-electron chi connectivity index (χ1n) is 7.66. The van der Waals surface area contributed by atoms with Crippen molar-refractivity contribution < 1.29 is 0 Å². The van der Waals surface area contributed by atoms with Gasteiger partial charge in [-0.05, 0) is 19.9 Å². The van der Waals surface area contributed by atoms with Crippen molar-refractivity contribution in [1.29, 1.82) is 0 Å². The molecular weight excluding hydrogens is 286 g/mol. The van der Waals surface area contributed by atoms with Crippen LogP contribution >= 0.6 is 0 Å². The molecule has 3 heterocycles. The Morgan fingerprint density at radius 1 is 1.00 bits per heavy atom. The van der Waals surface area contributed by atoms with Crippen LogP contribution in [0.1, 0.15) is 19.9 Å². The number of hydrogen-bond acceptors (Lipinski definition) is 3. The number of hydrogen-bond donors (Lipinski definition) is 1. The molecule has 5 nitrogen and oxygen atoms in total. The lowest BCUT2D eigenvalue weighted by Crippen LogP contribution is -1.99. The van der Waals surface area contributed by atoms with Crippen LogP contribution in [0, 0.1) is 0 Å². The van der Waals surface area contributed by atoms with Crippen LogP contribution in [0.2, 0.25) is 0 Å². The minimum atomic E-state index is 0.345. The van der Waals surface area contributed by atoms with Gasteiger partial charge in [0, 0.05) is 35.1 Å². The van der Waals surface area contributed by atoms with Crippen molar-refractivity contribution in [2.45, 2.75) is 19.9 Å². The first-order valence-corrected chi connectivity index (χ1v) is 7.66. The summed E-state index contributed by atoms with van der Waals surface area (Å²) in [5.74, 6) is 0.836. The molecule has 23 heavy (non-hydrogen) atoms. The van der Waals surface area contributed by atoms with Crippen LogP contribution in [-0.4, -0.2) is 24.7 Å². The van der Waals surface area contributed by atoms with E-state index in [1.54, 1.807) is 0 Å². The predicted molar refractivity (Wildman–Crippen MR) is 90.9 cm³/mol. The van der Waals surface area contributed by atoms with Gasteiger partial charge in [-0.2, -0.15) is 5.10 Å². The molecule has 0 aliphatic heterocycles. The molecule has 0 saturated carbocycles. The summed E-state index contributed by atoms with van der Waals surface area (Å²) in [6.07, 6.45) is 5.76. The van der Waals surface area contributed by atoms with Crippen LogP contribution in [0.5, 0.6) is 0 Å². The van der Waals surface area contributed by atoms with E-state index in [4.69, 9.17) is 0 Å². The van der Waals surface area contributed by atoms with Gasteiger partial charge in [0.25, 0.3) is 0 Å². The van der Waals surface area contributed by atoms with Gasteiger partial charge < -0.3 is 4.98 Å². The Morgan fingerprint density at radius 3 is 2.57 bits per heavy atom. The normalized spacial score (nSPS) is 11.4. The fourth-order valence-corrected chi connectivity index (χ4v) is 2.56. The van der Waals surface area contributed by atoms with Gasteiger partial charge in [-0.15, -0.1) is 0 Å². The Bertz CT molecular complexity index is 950. The number of aromatic amines is 1. The molecule has 4 aromatic rings. The highest BCUT2D eigenvalue weighted by atomic mass is 15.3. The van der Waals surface area contributed by atoms with Crippen LogP contribution < -0.4 is 0 Å². The zero-order valence-corrected chi connectivity index (χ0v) is 13.1. The van der Waals surface area contributed by atoms with E-state index in [-0.39, 0.29) is 0 Å². The lowest BCUT2D eigenvalue weighted by Gasteiger charge is -2.03. The lowest BCUT2D eigenvalue weighted by molar-refractivity contribution is 0.532. The quantitative estimate of drug-likeness (QED) is 0.620. The maximum Gasteiger partial charge on any atom is 0.178 e. The summed E-state index contributed by atoms with van der Waals surface area (Å²) in [4.78, 5) is 12.4. The first-order chi connectivity index (χ1) is 11.2. The Hall–Kier alpha value is -2.95. The number of aromatic nitrogens is 5. The summed E-state index contributed by atoms with van der Waals surface area (Å²) >= 11 is 0. The van der Waals surface area contributed by atoms with Crippen molar-refractivity contribution in [1.82, 2.24) is 24.7 Å². The molecule has 0 aliphatic carbocycles. The molecule has 1 N–H and O–H groups in total. The number of fused-ring (bicyclic) bond motifs is 1. The summed E-state index contributed by atoms with van der Waals surface area (Å²) in [6.45, 7) is 4.22. The summed E-state index contributed by atoms with van der Waals surface area (Å²) in [7, 11) is 0. The van der Waals surface area contributed by atoms with Crippen molar-refractivity contribution in [3.63, 3.8) is 0 Å². The second-order valence-corrected chi connectivity index (χ2v) is 5.85. The second kappa shape index (κ2) is 5.35. The molecule has 0 amide bonds. The van der Waals surface area contributed by atoms with Crippen molar-refractivity contribution >= 4 is 11.2 Å². The van der Waals surface area contributed by atoms with Gasteiger partial charge in [0.2, 0.25) is 0 Å². The third-order valence-corrected chi connectivity index (χ3v) is 3.85. The van der Waals surface area contributed by atoms with Crippen molar-refractivity contribution in [3.8, 4) is 22.5 Å². The Morgan fingerprint density at radius 2 is 1.83 bits per heavy atom. The molecule has 0 radical (unpaired) electrons. The summed E-state index contributed by atoms with van der Waals surface area (Å²) < 4.78 is 1.95. The number of nitrogens with zero attached hydrogens (tertiary/aromatic N) is 4. The minimum absolute atomic E-state index is 0.345. The van der Waals surface area contributed by atoms with E-state index in [0.717, 1.165) is 33.7 Å². The number of imidazole rings is 1. The smallest absolute Gasteiger partial charge is 0.178 e. The van der Waals surface area contributed by atoms with Crippen LogP contribution in [0.15, 0.2) is 55.0 Å². The highest BCUT2D eigenvalue weighted by Gasteiger charge is 2.09. The fraction of sp³-hybridized carbons (Fsp3) is 0.167. The fourth-order valence-electron chi connectivity index (χ4n) is 2.56. The van der Waals surface area contributed by atoms with E-state index >= 15 is 0 Å². The molecule has 5 heteroatoms. The van der Waals surface area contributed by atoms with Crippen LogP contribution in [-0.2, 0) is 0 Å². The first kappa shape index (κ1) is 13.7. The third kappa shape index (κ3) is 2.50. The summed E-state index contributed by atoms with van der Waals surface area (Å²) in [5.41, 5.74) is 4.80. The van der Waals surface area contributed by atoms with Gasteiger partial charge in [0.05, 0.1) is 11.7 Å². The Labute approximate surface area is 134 Å². The average Bonchev–Trinajstić information content (AvgIpc) is 3.22. The number of rotatable bonds is 3. The Balaban J connectivity index is 1.75. The highest BCUT2D eigenvalue weighted by molar-refractivity contribution is 5.80. The minimum Gasteiger partial charge on any atom is -0.337 e. The molecule has 0 bridgehead atoms. The maximum atomic E-state index is 4.56. The largest absolute Gasteiger partial charge is 0.337 e. The van der Waals surface area contributed by atoms with E-state index in [1.165, 1.54) is 0 Å². The molecule has 0 spiro atoms. The number of H-pyrrole nitrogens is 1. The third-order valence-electron chi connectivity index (χ3n) is 3.85. The van der Waals surface area contributed by atoms with E-state index in [0.29, 0.717) is 6.04 Å². The second-order valence-electron chi connectivity index (χ2n) is 5.85. The highest BCUT2D eigenvalue weighted by Crippen LogP contribution is 2.24. The SMILES string of the molecule is CC(C)n1cc(-c2cnc3nc(-c4ccccc4)[nH]c3c2)cn1. The molecule has 0 aliphatic rings. The van der Waals surface area contributed by atoms with Crippen LogP contribution in [0.4, 0.5) is 0 Å². The van der Waals surface area contributed by atoms with Crippen molar-refractivity contribution in [3.05, 3.63) is 55.0 Å². The van der Waals surface area contributed by atoms with Gasteiger partial charge in [-0.25, -0.2) is 9.97 Å². The molecule has 0 unspecified atom stereocenters.